The SMILES string of the molecule is CNc1[nH]c2cc(-c3cccc(CNCCN(C)C)c3)ccc2c1C(N)=O. The molecular weight excluding hydrogens is 338 g/mol. The number of hydrogen-bond acceptors (Lipinski definition) is 4. The van der Waals surface area contributed by atoms with Gasteiger partial charge < -0.3 is 26.3 Å². The first-order valence-electron chi connectivity index (χ1n) is 9.07. The normalized spacial score (nSPS) is 11.3. The van der Waals surface area contributed by atoms with Gasteiger partial charge in [-0.05, 0) is 42.9 Å². The fourth-order valence-electron chi connectivity index (χ4n) is 3.22. The van der Waals surface area contributed by atoms with Crippen LogP contribution in [0.1, 0.15) is 15.9 Å². The van der Waals surface area contributed by atoms with Crippen LogP contribution in [0.3, 0.4) is 0 Å². The lowest BCUT2D eigenvalue weighted by molar-refractivity contribution is 0.100. The van der Waals surface area contributed by atoms with Gasteiger partial charge in [0.1, 0.15) is 5.82 Å². The van der Waals surface area contributed by atoms with Gasteiger partial charge in [0, 0.05) is 37.6 Å². The van der Waals surface area contributed by atoms with Gasteiger partial charge in [0.05, 0.1) is 5.56 Å². The third-order valence-corrected chi connectivity index (χ3v) is 4.62. The standard InChI is InChI=1S/C21H27N5O/c1-23-21-19(20(22)27)17-8-7-16(12-18(17)25-21)15-6-4-5-14(11-15)13-24-9-10-26(2)3/h4-8,11-12,23-25H,9-10,13H2,1-3H3,(H2,22,27). The largest absolute Gasteiger partial charge is 0.374 e. The van der Waals surface area contributed by atoms with E-state index >= 15 is 0 Å². The summed E-state index contributed by atoms with van der Waals surface area (Å²) in [6.07, 6.45) is 0. The van der Waals surface area contributed by atoms with Gasteiger partial charge in [-0.3, -0.25) is 4.79 Å². The molecule has 0 saturated heterocycles. The van der Waals surface area contributed by atoms with E-state index in [4.69, 9.17) is 5.73 Å². The molecule has 0 aliphatic carbocycles. The average molecular weight is 365 g/mol. The third kappa shape index (κ3) is 4.30. The number of primary amides is 1. The molecule has 0 atom stereocenters. The van der Waals surface area contributed by atoms with Crippen molar-refractivity contribution in [1.82, 2.24) is 15.2 Å². The van der Waals surface area contributed by atoms with Gasteiger partial charge in [-0.1, -0.05) is 30.3 Å². The molecule has 1 heterocycles. The van der Waals surface area contributed by atoms with Crippen LogP contribution in [-0.4, -0.2) is 50.0 Å². The zero-order valence-corrected chi connectivity index (χ0v) is 16.1. The van der Waals surface area contributed by atoms with Crippen LogP contribution in [0.15, 0.2) is 42.5 Å². The molecule has 0 saturated carbocycles. The maximum atomic E-state index is 11.8. The molecular formula is C21H27N5O. The molecule has 2 aromatic carbocycles. The smallest absolute Gasteiger partial charge is 0.253 e. The lowest BCUT2D eigenvalue weighted by atomic mass is 10.0. The number of hydrogen-bond donors (Lipinski definition) is 4. The molecule has 3 rings (SSSR count). The van der Waals surface area contributed by atoms with Crippen molar-refractivity contribution in [1.29, 1.82) is 0 Å². The summed E-state index contributed by atoms with van der Waals surface area (Å²) in [4.78, 5) is 17.2. The molecule has 0 aliphatic heterocycles. The Balaban J connectivity index is 1.85. The van der Waals surface area contributed by atoms with E-state index in [1.807, 2.05) is 12.1 Å². The van der Waals surface area contributed by atoms with Gasteiger partial charge >= 0.3 is 0 Å². The summed E-state index contributed by atoms with van der Waals surface area (Å²) >= 11 is 0. The second-order valence-electron chi connectivity index (χ2n) is 6.93. The Morgan fingerprint density at radius 3 is 2.63 bits per heavy atom. The molecule has 0 bridgehead atoms. The highest BCUT2D eigenvalue weighted by molar-refractivity contribution is 6.11. The van der Waals surface area contributed by atoms with Crippen molar-refractivity contribution >= 4 is 22.6 Å². The summed E-state index contributed by atoms with van der Waals surface area (Å²) in [5.74, 6) is 0.206. The number of aromatic nitrogens is 1. The Labute approximate surface area is 159 Å². The summed E-state index contributed by atoms with van der Waals surface area (Å²) in [5, 5.41) is 7.30. The number of nitrogens with one attached hydrogen (secondary N) is 3. The molecule has 3 aromatic rings. The molecule has 142 valence electrons. The van der Waals surface area contributed by atoms with Crippen LogP contribution in [0.25, 0.3) is 22.0 Å². The second kappa shape index (κ2) is 8.24. The van der Waals surface area contributed by atoms with Crippen LogP contribution in [0.4, 0.5) is 5.82 Å². The topological polar surface area (TPSA) is 86.2 Å². The number of carbonyl (C=O) groups is 1. The minimum absolute atomic E-state index is 0.441. The number of H-pyrrole nitrogens is 1. The van der Waals surface area contributed by atoms with Crippen molar-refractivity contribution in [2.75, 3.05) is 39.5 Å². The van der Waals surface area contributed by atoms with Crippen molar-refractivity contribution in [3.05, 3.63) is 53.6 Å². The van der Waals surface area contributed by atoms with Gasteiger partial charge in [-0.2, -0.15) is 0 Å². The number of fused-ring (bicyclic) bond motifs is 1. The van der Waals surface area contributed by atoms with Gasteiger partial charge in [0.25, 0.3) is 5.91 Å². The Hall–Kier alpha value is -2.83. The number of amides is 1. The Bertz CT molecular complexity index is 945. The number of benzene rings is 2. The molecule has 6 heteroatoms. The number of nitrogens with zero attached hydrogens (tertiary/aromatic N) is 1. The summed E-state index contributed by atoms with van der Waals surface area (Å²) in [6.45, 7) is 2.80. The van der Waals surface area contributed by atoms with Crippen molar-refractivity contribution in [3.8, 4) is 11.1 Å². The zero-order chi connectivity index (χ0) is 19.4. The van der Waals surface area contributed by atoms with Crippen LogP contribution in [-0.2, 0) is 6.54 Å². The van der Waals surface area contributed by atoms with Crippen LogP contribution >= 0.6 is 0 Å². The number of likely N-dealkylation sites (N-methyl/N-ethyl adjacent to an activating group) is 1. The molecule has 0 fully saturated rings. The highest BCUT2D eigenvalue weighted by Gasteiger charge is 2.15. The van der Waals surface area contributed by atoms with E-state index < -0.39 is 5.91 Å². The van der Waals surface area contributed by atoms with E-state index in [2.05, 4.69) is 64.9 Å². The monoisotopic (exact) mass is 365 g/mol. The summed E-state index contributed by atoms with van der Waals surface area (Å²) in [7, 11) is 5.91. The van der Waals surface area contributed by atoms with Crippen LogP contribution in [0.5, 0.6) is 0 Å². The minimum Gasteiger partial charge on any atom is -0.374 e. The first kappa shape index (κ1) is 18.9. The van der Waals surface area contributed by atoms with Crippen molar-refractivity contribution in [2.45, 2.75) is 6.54 Å². The van der Waals surface area contributed by atoms with E-state index in [0.29, 0.717) is 11.4 Å². The van der Waals surface area contributed by atoms with E-state index in [0.717, 1.165) is 41.7 Å². The maximum Gasteiger partial charge on any atom is 0.253 e. The number of aromatic amines is 1. The highest BCUT2D eigenvalue weighted by Crippen LogP contribution is 2.30. The summed E-state index contributed by atoms with van der Waals surface area (Å²) < 4.78 is 0. The van der Waals surface area contributed by atoms with E-state index in [1.54, 1.807) is 7.05 Å². The van der Waals surface area contributed by atoms with Gasteiger partial charge in [0.15, 0.2) is 0 Å². The van der Waals surface area contributed by atoms with Crippen molar-refractivity contribution in [3.63, 3.8) is 0 Å². The van der Waals surface area contributed by atoms with Crippen LogP contribution in [0, 0.1) is 0 Å². The molecule has 1 amide bonds. The third-order valence-electron chi connectivity index (χ3n) is 4.62. The second-order valence-corrected chi connectivity index (χ2v) is 6.93. The first-order valence-corrected chi connectivity index (χ1v) is 9.07. The molecule has 1 aromatic heterocycles. The van der Waals surface area contributed by atoms with Gasteiger partial charge in [0.2, 0.25) is 0 Å². The number of rotatable bonds is 8. The minimum atomic E-state index is -0.441. The predicted octanol–water partition coefficient (Wildman–Crippen LogP) is 2.63. The predicted molar refractivity (Wildman–Crippen MR) is 112 cm³/mol. The van der Waals surface area contributed by atoms with E-state index in [-0.39, 0.29) is 0 Å². The molecule has 0 spiro atoms. The first-order chi connectivity index (χ1) is 13.0. The fraction of sp³-hybridized carbons (Fsp3) is 0.286. The molecule has 0 unspecified atom stereocenters. The zero-order valence-electron chi connectivity index (χ0n) is 16.1. The summed E-state index contributed by atoms with van der Waals surface area (Å²) in [5.41, 5.74) is 10.4. The van der Waals surface area contributed by atoms with Crippen molar-refractivity contribution in [2.24, 2.45) is 5.73 Å². The number of nitrogens with two attached hydrogens (primary N) is 1. The molecule has 0 aliphatic rings. The molecule has 0 radical (unpaired) electrons. The molecule has 6 nitrogen and oxygen atoms in total. The number of anilines is 1. The van der Waals surface area contributed by atoms with Gasteiger partial charge in [-0.15, -0.1) is 0 Å². The molecule has 27 heavy (non-hydrogen) atoms. The Kier molecular flexibility index (Phi) is 5.78. The lowest BCUT2D eigenvalue weighted by Gasteiger charge is -2.11. The van der Waals surface area contributed by atoms with Gasteiger partial charge in [-0.25, -0.2) is 0 Å². The summed E-state index contributed by atoms with van der Waals surface area (Å²) in [6, 6.07) is 14.5. The van der Waals surface area contributed by atoms with Crippen LogP contribution in [0.2, 0.25) is 0 Å². The van der Waals surface area contributed by atoms with Crippen LogP contribution < -0.4 is 16.4 Å². The average Bonchev–Trinajstić information content (AvgIpc) is 3.03. The highest BCUT2D eigenvalue weighted by atomic mass is 16.1. The van der Waals surface area contributed by atoms with Crippen molar-refractivity contribution < 1.29 is 4.79 Å². The maximum absolute atomic E-state index is 11.8. The fourth-order valence-corrected chi connectivity index (χ4v) is 3.22. The quantitative estimate of drug-likeness (QED) is 0.462. The van der Waals surface area contributed by atoms with E-state index in [1.165, 1.54) is 5.56 Å². The number of carbonyl (C=O) groups excluding carboxylic acids is 1. The Morgan fingerprint density at radius 2 is 1.93 bits per heavy atom. The Morgan fingerprint density at radius 1 is 1.15 bits per heavy atom. The van der Waals surface area contributed by atoms with E-state index in [9.17, 15) is 4.79 Å². The lowest BCUT2D eigenvalue weighted by Crippen LogP contribution is -2.26. The molecule has 5 N–H and O–H groups in total.